The van der Waals surface area contributed by atoms with Crippen LogP contribution in [0.4, 0.5) is 11.4 Å². The predicted octanol–water partition coefficient (Wildman–Crippen LogP) is 5.70. The molecule has 0 aliphatic heterocycles. The number of amides is 2. The number of carbonyl (C=O) groups is 4. The molecule has 0 aromatic heterocycles. The topological polar surface area (TPSA) is 122 Å². The second-order valence-electron chi connectivity index (χ2n) is 8.28. The molecule has 192 valence electrons. The van der Waals surface area contributed by atoms with Crippen LogP contribution in [0.1, 0.15) is 38.0 Å². The van der Waals surface area contributed by atoms with Crippen molar-refractivity contribution in [2.75, 3.05) is 17.7 Å². The zero-order valence-electron chi connectivity index (χ0n) is 20.6. The molecular weight excluding hydrogens is 504 g/mol. The van der Waals surface area contributed by atoms with Gasteiger partial charge in [-0.05, 0) is 54.8 Å². The molecule has 4 aromatic carbocycles. The van der Waals surface area contributed by atoms with Crippen molar-refractivity contribution in [2.24, 2.45) is 0 Å². The van der Waals surface area contributed by atoms with Crippen LogP contribution in [0.25, 0.3) is 10.8 Å². The molecule has 2 amide bonds. The van der Waals surface area contributed by atoms with E-state index in [9.17, 15) is 24.3 Å². The number of carbonyl (C=O) groups excluding carboxylic acids is 3. The maximum atomic E-state index is 13.1. The Hall–Kier alpha value is -4.63. The van der Waals surface area contributed by atoms with Gasteiger partial charge >= 0.3 is 11.9 Å². The Balaban J connectivity index is 1.49. The second-order valence-corrected chi connectivity index (χ2v) is 9.70. The van der Waals surface area contributed by atoms with Crippen LogP contribution in [0.5, 0.6) is 0 Å². The molecule has 1 atom stereocenters. The quantitative estimate of drug-likeness (QED) is 0.198. The van der Waals surface area contributed by atoms with Gasteiger partial charge in [0.15, 0.2) is 0 Å². The van der Waals surface area contributed by atoms with E-state index in [1.54, 1.807) is 79.7 Å². The van der Waals surface area contributed by atoms with Crippen molar-refractivity contribution in [3.8, 4) is 0 Å². The van der Waals surface area contributed by atoms with Crippen LogP contribution in [-0.4, -0.2) is 41.2 Å². The van der Waals surface area contributed by atoms with Crippen molar-refractivity contribution in [3.63, 3.8) is 0 Å². The SMILES string of the molecule is COC(=O)c1ccccc1NC(=O)C(C)Sc1cccc(NC(=O)c2cccc3cccc(C(=O)O)c23)c1. The van der Waals surface area contributed by atoms with E-state index in [-0.39, 0.29) is 22.6 Å². The minimum absolute atomic E-state index is 0.0474. The van der Waals surface area contributed by atoms with E-state index in [0.717, 1.165) is 4.90 Å². The van der Waals surface area contributed by atoms with Crippen LogP contribution in [0.15, 0.2) is 89.8 Å². The van der Waals surface area contributed by atoms with Crippen molar-refractivity contribution >= 4 is 57.7 Å². The zero-order valence-corrected chi connectivity index (χ0v) is 21.4. The minimum Gasteiger partial charge on any atom is -0.478 e. The standard InChI is InChI=1S/C29H24N2O6S/c1-17(26(32)31-24-15-4-3-12-21(24)29(36)37-2)38-20-11-7-10-19(16-20)30-27(33)22-13-5-8-18-9-6-14-23(25(18)22)28(34)35/h3-17H,1-2H3,(H,30,33)(H,31,32)(H,34,35). The third-order valence-electron chi connectivity index (χ3n) is 5.74. The maximum absolute atomic E-state index is 13.1. The van der Waals surface area contributed by atoms with Crippen LogP contribution < -0.4 is 10.6 Å². The first-order valence-corrected chi connectivity index (χ1v) is 12.5. The summed E-state index contributed by atoms with van der Waals surface area (Å²) < 4.78 is 4.77. The van der Waals surface area contributed by atoms with Crippen LogP contribution >= 0.6 is 11.8 Å². The number of para-hydroxylation sites is 1. The summed E-state index contributed by atoms with van der Waals surface area (Å²) >= 11 is 1.28. The van der Waals surface area contributed by atoms with E-state index in [0.29, 0.717) is 22.1 Å². The fourth-order valence-corrected chi connectivity index (χ4v) is 4.85. The number of methoxy groups -OCH3 is 1. The summed E-state index contributed by atoms with van der Waals surface area (Å²) in [6.45, 7) is 1.73. The summed E-state index contributed by atoms with van der Waals surface area (Å²) in [7, 11) is 1.27. The molecule has 38 heavy (non-hydrogen) atoms. The van der Waals surface area contributed by atoms with Gasteiger partial charge in [-0.3, -0.25) is 9.59 Å². The first-order chi connectivity index (χ1) is 18.3. The van der Waals surface area contributed by atoms with E-state index in [1.807, 2.05) is 6.07 Å². The van der Waals surface area contributed by atoms with Crippen LogP contribution in [-0.2, 0) is 9.53 Å². The number of aromatic carboxylic acids is 1. The van der Waals surface area contributed by atoms with E-state index < -0.39 is 23.1 Å². The third kappa shape index (κ3) is 5.84. The summed E-state index contributed by atoms with van der Waals surface area (Å²) in [6.07, 6.45) is 0. The normalized spacial score (nSPS) is 11.4. The van der Waals surface area contributed by atoms with Crippen molar-refractivity contribution < 1.29 is 29.0 Å². The maximum Gasteiger partial charge on any atom is 0.339 e. The van der Waals surface area contributed by atoms with Crippen molar-refractivity contribution in [2.45, 2.75) is 17.1 Å². The Bertz CT molecular complexity index is 1550. The Morgan fingerprint density at radius 3 is 2.18 bits per heavy atom. The molecule has 4 rings (SSSR count). The van der Waals surface area contributed by atoms with Gasteiger partial charge in [0.25, 0.3) is 5.91 Å². The number of hydrogen-bond acceptors (Lipinski definition) is 6. The Kier molecular flexibility index (Phi) is 8.08. The van der Waals surface area contributed by atoms with Crippen LogP contribution in [0.2, 0.25) is 0 Å². The largest absolute Gasteiger partial charge is 0.478 e. The number of benzene rings is 4. The molecule has 8 nitrogen and oxygen atoms in total. The monoisotopic (exact) mass is 528 g/mol. The molecule has 1 unspecified atom stereocenters. The smallest absolute Gasteiger partial charge is 0.339 e. The van der Waals surface area contributed by atoms with Gasteiger partial charge in [-0.25, -0.2) is 9.59 Å². The fraction of sp³-hybridized carbons (Fsp3) is 0.103. The number of esters is 1. The predicted molar refractivity (Wildman–Crippen MR) is 147 cm³/mol. The number of ether oxygens (including phenoxy) is 1. The fourth-order valence-electron chi connectivity index (χ4n) is 3.93. The van der Waals surface area contributed by atoms with Crippen LogP contribution in [0.3, 0.4) is 0 Å². The molecule has 0 aliphatic carbocycles. The van der Waals surface area contributed by atoms with Crippen LogP contribution in [0, 0.1) is 0 Å². The molecular formula is C29H24N2O6S. The Morgan fingerprint density at radius 1 is 0.816 bits per heavy atom. The molecule has 0 bridgehead atoms. The van der Waals surface area contributed by atoms with E-state index in [1.165, 1.54) is 24.9 Å². The van der Waals surface area contributed by atoms with Gasteiger partial charge in [0.1, 0.15) is 0 Å². The lowest BCUT2D eigenvalue weighted by molar-refractivity contribution is -0.115. The summed E-state index contributed by atoms with van der Waals surface area (Å²) in [5, 5.41) is 15.7. The molecule has 0 spiro atoms. The third-order valence-corrected chi connectivity index (χ3v) is 6.84. The van der Waals surface area contributed by atoms with Crippen molar-refractivity contribution in [1.29, 1.82) is 0 Å². The van der Waals surface area contributed by atoms with Gasteiger partial charge in [-0.1, -0.05) is 42.5 Å². The lowest BCUT2D eigenvalue weighted by atomic mass is 9.98. The first-order valence-electron chi connectivity index (χ1n) is 11.6. The highest BCUT2D eigenvalue weighted by Gasteiger charge is 2.20. The Morgan fingerprint density at radius 2 is 1.47 bits per heavy atom. The molecule has 0 radical (unpaired) electrons. The number of rotatable bonds is 8. The first kappa shape index (κ1) is 26.4. The molecule has 0 heterocycles. The molecule has 0 saturated heterocycles. The molecule has 0 aliphatic rings. The molecule has 9 heteroatoms. The molecule has 0 fully saturated rings. The number of nitrogens with one attached hydrogen (secondary N) is 2. The van der Waals surface area contributed by atoms with Crippen molar-refractivity contribution in [3.05, 3.63) is 102 Å². The molecule has 0 saturated carbocycles. The average Bonchev–Trinajstić information content (AvgIpc) is 2.92. The number of fused-ring (bicyclic) bond motifs is 1. The lowest BCUT2D eigenvalue weighted by Gasteiger charge is -2.15. The highest BCUT2D eigenvalue weighted by atomic mass is 32.2. The Labute approximate surface area is 223 Å². The summed E-state index contributed by atoms with van der Waals surface area (Å²) in [4.78, 5) is 50.4. The highest BCUT2D eigenvalue weighted by Crippen LogP contribution is 2.29. The highest BCUT2D eigenvalue weighted by molar-refractivity contribution is 8.00. The van der Waals surface area contributed by atoms with Gasteiger partial charge in [-0.15, -0.1) is 11.8 Å². The minimum atomic E-state index is -1.12. The van der Waals surface area contributed by atoms with Gasteiger partial charge < -0.3 is 20.5 Å². The van der Waals surface area contributed by atoms with E-state index >= 15 is 0 Å². The summed E-state index contributed by atoms with van der Waals surface area (Å²) in [5.41, 5.74) is 1.40. The molecule has 4 aromatic rings. The lowest BCUT2D eigenvalue weighted by Crippen LogP contribution is -2.23. The molecule has 3 N–H and O–H groups in total. The summed E-state index contributed by atoms with van der Waals surface area (Å²) in [5.74, 6) is -2.42. The number of carboxylic acid groups (broad SMARTS) is 1. The van der Waals surface area contributed by atoms with Gasteiger partial charge in [-0.2, -0.15) is 0 Å². The average molecular weight is 529 g/mol. The van der Waals surface area contributed by atoms with Gasteiger partial charge in [0.05, 0.1) is 29.2 Å². The summed E-state index contributed by atoms with van der Waals surface area (Å²) in [6, 6.07) is 23.5. The number of thioether (sulfide) groups is 1. The number of hydrogen-bond donors (Lipinski definition) is 3. The van der Waals surface area contributed by atoms with Crippen molar-refractivity contribution in [1.82, 2.24) is 0 Å². The second kappa shape index (κ2) is 11.6. The zero-order chi connectivity index (χ0) is 27.2. The van der Waals surface area contributed by atoms with Gasteiger partial charge in [0.2, 0.25) is 5.91 Å². The van der Waals surface area contributed by atoms with Gasteiger partial charge in [0, 0.05) is 21.5 Å². The van der Waals surface area contributed by atoms with E-state index in [2.05, 4.69) is 10.6 Å². The number of anilines is 2. The van der Waals surface area contributed by atoms with E-state index in [4.69, 9.17) is 4.74 Å². The number of carboxylic acids is 1.